The number of alkyl halides is 3. The Labute approximate surface area is 181 Å². The Bertz CT molecular complexity index is 1030. The SMILES string of the molecule is O=C(C=Cc1c(F)c(F)c(F)c(F)c1F)N1CCOC(COc2ccc(C(F)(F)F)cn2)C1. The number of morpholine rings is 1. The molecule has 0 N–H and O–H groups in total. The summed E-state index contributed by atoms with van der Waals surface area (Å²) in [6.07, 6.45) is -3.54. The fraction of sp³-hybridized carbons (Fsp3) is 0.300. The second kappa shape index (κ2) is 9.73. The smallest absolute Gasteiger partial charge is 0.417 e. The van der Waals surface area contributed by atoms with Crippen molar-refractivity contribution in [3.8, 4) is 5.88 Å². The normalized spacial score (nSPS) is 17.0. The molecule has 0 radical (unpaired) electrons. The third kappa shape index (κ3) is 5.59. The minimum absolute atomic E-state index is 0.0383. The summed E-state index contributed by atoms with van der Waals surface area (Å²) in [5, 5.41) is 0. The van der Waals surface area contributed by atoms with Crippen LogP contribution in [0.15, 0.2) is 24.4 Å². The Hall–Kier alpha value is -3.22. The van der Waals surface area contributed by atoms with Gasteiger partial charge in [-0.1, -0.05) is 0 Å². The summed E-state index contributed by atoms with van der Waals surface area (Å²) in [5.41, 5.74) is -2.22. The van der Waals surface area contributed by atoms with Gasteiger partial charge >= 0.3 is 6.18 Å². The lowest BCUT2D eigenvalue weighted by molar-refractivity contribution is -0.137. The summed E-state index contributed by atoms with van der Waals surface area (Å²) in [5.74, 6) is -11.6. The summed E-state index contributed by atoms with van der Waals surface area (Å²) in [4.78, 5) is 17.0. The average molecular weight is 482 g/mol. The van der Waals surface area contributed by atoms with Crippen LogP contribution in [0.1, 0.15) is 11.1 Å². The number of carbonyl (C=O) groups is 1. The summed E-state index contributed by atoms with van der Waals surface area (Å²) in [7, 11) is 0. The van der Waals surface area contributed by atoms with Crippen molar-refractivity contribution in [1.29, 1.82) is 0 Å². The highest BCUT2D eigenvalue weighted by Gasteiger charge is 2.31. The second-order valence-electron chi connectivity index (χ2n) is 6.79. The monoisotopic (exact) mass is 482 g/mol. The number of halogens is 8. The van der Waals surface area contributed by atoms with Gasteiger partial charge in [0.1, 0.15) is 12.7 Å². The lowest BCUT2D eigenvalue weighted by Crippen LogP contribution is -2.47. The number of hydrogen-bond acceptors (Lipinski definition) is 4. The maximum atomic E-state index is 13.7. The van der Waals surface area contributed by atoms with E-state index in [9.17, 15) is 39.9 Å². The fourth-order valence-corrected chi connectivity index (χ4v) is 2.86. The highest BCUT2D eigenvalue weighted by atomic mass is 19.4. The maximum Gasteiger partial charge on any atom is 0.417 e. The van der Waals surface area contributed by atoms with Crippen molar-refractivity contribution >= 4 is 12.0 Å². The number of ether oxygens (including phenoxy) is 2. The van der Waals surface area contributed by atoms with E-state index in [2.05, 4.69) is 4.98 Å². The van der Waals surface area contributed by atoms with E-state index in [1.54, 1.807) is 0 Å². The molecule has 2 heterocycles. The minimum atomic E-state index is -4.55. The minimum Gasteiger partial charge on any atom is -0.475 e. The van der Waals surface area contributed by atoms with Crippen molar-refractivity contribution in [3.63, 3.8) is 0 Å². The molecule has 0 saturated carbocycles. The number of amides is 1. The molecule has 13 heteroatoms. The van der Waals surface area contributed by atoms with Gasteiger partial charge in [-0.15, -0.1) is 0 Å². The number of nitrogens with zero attached hydrogens (tertiary/aromatic N) is 2. The number of hydrogen-bond donors (Lipinski definition) is 0. The Morgan fingerprint density at radius 3 is 2.30 bits per heavy atom. The molecule has 5 nitrogen and oxygen atoms in total. The molecular formula is C20H14F8N2O3. The average Bonchev–Trinajstić information content (AvgIpc) is 2.80. The van der Waals surface area contributed by atoms with Crippen LogP contribution in [-0.2, 0) is 15.7 Å². The van der Waals surface area contributed by atoms with Gasteiger partial charge in [-0.25, -0.2) is 26.9 Å². The van der Waals surface area contributed by atoms with E-state index >= 15 is 0 Å². The lowest BCUT2D eigenvalue weighted by Gasteiger charge is -2.32. The predicted octanol–water partition coefficient (Wildman–Crippen LogP) is 4.12. The molecule has 1 aromatic carbocycles. The molecule has 1 aliphatic heterocycles. The number of carbonyl (C=O) groups excluding carboxylic acids is 1. The van der Waals surface area contributed by atoms with Gasteiger partial charge in [0.05, 0.1) is 24.3 Å². The van der Waals surface area contributed by atoms with Gasteiger partial charge in [-0.05, 0) is 12.1 Å². The molecule has 0 bridgehead atoms. The zero-order valence-corrected chi connectivity index (χ0v) is 16.4. The molecule has 1 saturated heterocycles. The van der Waals surface area contributed by atoms with Crippen LogP contribution in [0.3, 0.4) is 0 Å². The molecule has 0 spiro atoms. The highest BCUT2D eigenvalue weighted by Crippen LogP contribution is 2.29. The summed E-state index contributed by atoms with van der Waals surface area (Å²) >= 11 is 0. The molecule has 1 amide bonds. The van der Waals surface area contributed by atoms with Gasteiger partial charge in [-0.3, -0.25) is 4.79 Å². The van der Waals surface area contributed by atoms with Gasteiger partial charge < -0.3 is 14.4 Å². The van der Waals surface area contributed by atoms with E-state index in [4.69, 9.17) is 9.47 Å². The quantitative estimate of drug-likeness (QED) is 0.279. The highest BCUT2D eigenvalue weighted by molar-refractivity contribution is 5.92. The van der Waals surface area contributed by atoms with Crippen LogP contribution < -0.4 is 4.74 Å². The number of aromatic nitrogens is 1. The Morgan fingerprint density at radius 2 is 1.73 bits per heavy atom. The molecule has 1 aromatic heterocycles. The number of benzene rings is 1. The van der Waals surface area contributed by atoms with Gasteiger partial charge in [0.15, 0.2) is 23.3 Å². The van der Waals surface area contributed by atoms with E-state index in [0.717, 1.165) is 12.1 Å². The molecule has 1 fully saturated rings. The van der Waals surface area contributed by atoms with Gasteiger partial charge in [0.2, 0.25) is 17.6 Å². The predicted molar refractivity (Wildman–Crippen MR) is 96.3 cm³/mol. The first-order valence-electron chi connectivity index (χ1n) is 9.25. The van der Waals surface area contributed by atoms with Crippen molar-refractivity contribution in [2.75, 3.05) is 26.3 Å². The van der Waals surface area contributed by atoms with Gasteiger partial charge in [-0.2, -0.15) is 13.2 Å². The fourth-order valence-electron chi connectivity index (χ4n) is 2.86. The van der Waals surface area contributed by atoms with Crippen LogP contribution in [0.25, 0.3) is 6.08 Å². The van der Waals surface area contributed by atoms with Crippen molar-refractivity contribution in [1.82, 2.24) is 9.88 Å². The Kier molecular flexibility index (Phi) is 7.20. The van der Waals surface area contributed by atoms with Crippen LogP contribution in [-0.4, -0.2) is 48.2 Å². The van der Waals surface area contributed by atoms with E-state index in [0.29, 0.717) is 18.3 Å². The molecule has 33 heavy (non-hydrogen) atoms. The van der Waals surface area contributed by atoms with Crippen molar-refractivity contribution in [3.05, 3.63) is 64.6 Å². The lowest BCUT2D eigenvalue weighted by atomic mass is 10.1. The summed E-state index contributed by atoms with van der Waals surface area (Å²) < 4.78 is 115. The van der Waals surface area contributed by atoms with E-state index in [1.807, 2.05) is 0 Å². The molecule has 1 unspecified atom stereocenters. The first-order chi connectivity index (χ1) is 15.5. The summed E-state index contributed by atoms with van der Waals surface area (Å²) in [6, 6.07) is 1.80. The topological polar surface area (TPSA) is 51.7 Å². The molecule has 0 aliphatic carbocycles. The molecule has 2 aromatic rings. The van der Waals surface area contributed by atoms with Crippen LogP contribution in [0.5, 0.6) is 5.88 Å². The molecule has 3 rings (SSSR count). The van der Waals surface area contributed by atoms with Crippen LogP contribution in [0.4, 0.5) is 35.1 Å². The number of rotatable bonds is 5. The van der Waals surface area contributed by atoms with Crippen molar-refractivity contribution < 1.29 is 49.4 Å². The van der Waals surface area contributed by atoms with Gasteiger partial charge in [0.25, 0.3) is 0 Å². The van der Waals surface area contributed by atoms with E-state index in [-0.39, 0.29) is 32.2 Å². The molecule has 178 valence electrons. The van der Waals surface area contributed by atoms with Gasteiger partial charge in [0, 0.05) is 24.9 Å². The largest absolute Gasteiger partial charge is 0.475 e. The molecular weight excluding hydrogens is 468 g/mol. The summed E-state index contributed by atoms with van der Waals surface area (Å²) in [6.45, 7) is -0.143. The third-order valence-corrected chi connectivity index (χ3v) is 4.57. The zero-order valence-electron chi connectivity index (χ0n) is 16.4. The first-order valence-corrected chi connectivity index (χ1v) is 9.25. The zero-order chi connectivity index (χ0) is 24.3. The van der Waals surface area contributed by atoms with Crippen LogP contribution >= 0.6 is 0 Å². The Morgan fingerprint density at radius 1 is 1.09 bits per heavy atom. The van der Waals surface area contributed by atoms with Crippen LogP contribution in [0, 0.1) is 29.1 Å². The van der Waals surface area contributed by atoms with E-state index < -0.39 is 58.4 Å². The molecule has 1 atom stereocenters. The van der Waals surface area contributed by atoms with Crippen molar-refractivity contribution in [2.45, 2.75) is 12.3 Å². The van der Waals surface area contributed by atoms with Crippen LogP contribution in [0.2, 0.25) is 0 Å². The van der Waals surface area contributed by atoms with E-state index in [1.165, 1.54) is 4.90 Å². The third-order valence-electron chi connectivity index (χ3n) is 4.57. The standard InChI is InChI=1S/C20H14F8N2O3/c21-15-12(16(22)18(24)19(25)17(15)23)2-4-14(31)30-5-6-32-11(8-30)9-33-13-3-1-10(7-29-13)20(26,27)28/h1-4,7,11H,5-6,8-9H2. The second-order valence-corrected chi connectivity index (χ2v) is 6.79. The van der Waals surface area contributed by atoms with Crippen molar-refractivity contribution in [2.24, 2.45) is 0 Å². The first kappa shape index (κ1) is 24.4. The molecule has 1 aliphatic rings. The number of pyridine rings is 1. The maximum absolute atomic E-state index is 13.7. The Balaban J connectivity index is 1.61.